The topological polar surface area (TPSA) is 59.2 Å². The van der Waals surface area contributed by atoms with Crippen molar-refractivity contribution in [3.63, 3.8) is 0 Å². The van der Waals surface area contributed by atoms with Crippen LogP contribution >= 0.6 is 0 Å². The summed E-state index contributed by atoms with van der Waals surface area (Å²) in [4.78, 5) is 18.9. The highest BCUT2D eigenvalue weighted by Gasteiger charge is 2.26. The van der Waals surface area contributed by atoms with Gasteiger partial charge in [0, 0.05) is 31.1 Å². The standard InChI is InChI=1S/C23H23F2N3O2/c1-15-5-2-3-7-19(15)23-26-21(30-27-23)11-16-6-4-10-28(14-16)22(29)12-17-8-9-18(24)13-20(17)25/h2-3,5,7-9,13,16H,4,6,10-12,14H2,1H3. The van der Waals surface area contributed by atoms with Crippen molar-refractivity contribution in [3.05, 3.63) is 71.1 Å². The number of piperidine rings is 1. The zero-order valence-electron chi connectivity index (χ0n) is 16.8. The van der Waals surface area contributed by atoms with Crippen molar-refractivity contribution in [2.24, 2.45) is 5.92 Å². The molecule has 1 aliphatic heterocycles. The van der Waals surface area contributed by atoms with Gasteiger partial charge in [0.15, 0.2) is 0 Å². The second-order valence-corrected chi connectivity index (χ2v) is 7.79. The Morgan fingerprint density at radius 3 is 2.87 bits per heavy atom. The van der Waals surface area contributed by atoms with Crippen LogP contribution in [0, 0.1) is 24.5 Å². The van der Waals surface area contributed by atoms with Gasteiger partial charge in [0.2, 0.25) is 17.6 Å². The first kappa shape index (κ1) is 20.2. The molecule has 0 spiro atoms. The lowest BCUT2D eigenvalue weighted by molar-refractivity contribution is -0.132. The molecule has 7 heteroatoms. The average molecular weight is 411 g/mol. The van der Waals surface area contributed by atoms with E-state index in [0.29, 0.717) is 31.2 Å². The molecule has 0 radical (unpaired) electrons. The van der Waals surface area contributed by atoms with E-state index in [1.165, 1.54) is 12.1 Å². The maximum absolute atomic E-state index is 13.9. The number of halogens is 2. The van der Waals surface area contributed by atoms with Crippen molar-refractivity contribution in [2.45, 2.75) is 32.6 Å². The molecule has 1 amide bonds. The lowest BCUT2D eigenvalue weighted by atomic mass is 9.94. The van der Waals surface area contributed by atoms with Gasteiger partial charge in [-0.3, -0.25) is 4.79 Å². The van der Waals surface area contributed by atoms with Gasteiger partial charge in [0.1, 0.15) is 11.6 Å². The SMILES string of the molecule is Cc1ccccc1-c1noc(CC2CCCN(C(=O)Cc3ccc(F)cc3F)C2)n1. The molecule has 2 heterocycles. The second kappa shape index (κ2) is 8.73. The van der Waals surface area contributed by atoms with Crippen LogP contribution in [0.2, 0.25) is 0 Å². The van der Waals surface area contributed by atoms with Gasteiger partial charge in [-0.25, -0.2) is 8.78 Å². The van der Waals surface area contributed by atoms with Gasteiger partial charge in [-0.15, -0.1) is 0 Å². The summed E-state index contributed by atoms with van der Waals surface area (Å²) in [6.07, 6.45) is 2.34. The Kier molecular flexibility index (Phi) is 5.88. The summed E-state index contributed by atoms with van der Waals surface area (Å²) in [6.45, 7) is 3.19. The number of aromatic nitrogens is 2. The quantitative estimate of drug-likeness (QED) is 0.626. The first-order chi connectivity index (χ1) is 14.5. The Hall–Kier alpha value is -3.09. The molecule has 0 saturated carbocycles. The van der Waals surface area contributed by atoms with Crippen LogP contribution < -0.4 is 0 Å². The van der Waals surface area contributed by atoms with Crippen LogP contribution in [0.4, 0.5) is 8.78 Å². The fourth-order valence-corrected chi connectivity index (χ4v) is 3.92. The summed E-state index contributed by atoms with van der Waals surface area (Å²) >= 11 is 0. The van der Waals surface area contributed by atoms with E-state index in [-0.39, 0.29) is 23.8 Å². The molecule has 1 fully saturated rings. The Morgan fingerprint density at radius 2 is 2.07 bits per heavy atom. The van der Waals surface area contributed by atoms with E-state index in [1.807, 2.05) is 31.2 Å². The molecular formula is C23H23F2N3O2. The number of carbonyl (C=O) groups excluding carboxylic acids is 1. The largest absolute Gasteiger partial charge is 0.342 e. The normalized spacial score (nSPS) is 16.6. The van der Waals surface area contributed by atoms with E-state index >= 15 is 0 Å². The van der Waals surface area contributed by atoms with Crippen LogP contribution in [0.25, 0.3) is 11.4 Å². The van der Waals surface area contributed by atoms with Crippen molar-refractivity contribution in [3.8, 4) is 11.4 Å². The van der Waals surface area contributed by atoms with Crippen LogP contribution in [0.3, 0.4) is 0 Å². The van der Waals surface area contributed by atoms with E-state index in [4.69, 9.17) is 4.52 Å². The summed E-state index contributed by atoms with van der Waals surface area (Å²) in [7, 11) is 0. The second-order valence-electron chi connectivity index (χ2n) is 7.79. The number of hydrogen-bond donors (Lipinski definition) is 0. The minimum Gasteiger partial charge on any atom is -0.342 e. The van der Waals surface area contributed by atoms with Gasteiger partial charge in [-0.1, -0.05) is 35.5 Å². The summed E-state index contributed by atoms with van der Waals surface area (Å²) in [5, 5.41) is 4.10. The Labute approximate surface area is 173 Å². The lowest BCUT2D eigenvalue weighted by Crippen LogP contribution is -2.41. The summed E-state index contributed by atoms with van der Waals surface area (Å²) < 4.78 is 32.4. The Balaban J connectivity index is 1.38. The molecule has 3 aromatic rings. The molecule has 2 aromatic carbocycles. The van der Waals surface area contributed by atoms with Crippen molar-refractivity contribution in [1.29, 1.82) is 0 Å². The van der Waals surface area contributed by atoms with E-state index in [1.54, 1.807) is 4.90 Å². The van der Waals surface area contributed by atoms with Crippen LogP contribution in [0.1, 0.15) is 29.9 Å². The number of benzene rings is 2. The average Bonchev–Trinajstić information content (AvgIpc) is 3.19. The van der Waals surface area contributed by atoms with Crippen molar-refractivity contribution < 1.29 is 18.1 Å². The maximum Gasteiger partial charge on any atom is 0.227 e. The molecule has 0 bridgehead atoms. The van der Waals surface area contributed by atoms with Crippen molar-refractivity contribution in [2.75, 3.05) is 13.1 Å². The summed E-state index contributed by atoms with van der Waals surface area (Å²) in [5.74, 6) is -0.170. The molecule has 156 valence electrons. The number of carbonyl (C=O) groups is 1. The highest BCUT2D eigenvalue weighted by molar-refractivity contribution is 5.79. The lowest BCUT2D eigenvalue weighted by Gasteiger charge is -2.32. The first-order valence-corrected chi connectivity index (χ1v) is 10.1. The zero-order valence-corrected chi connectivity index (χ0v) is 16.8. The number of amides is 1. The fraction of sp³-hybridized carbons (Fsp3) is 0.348. The van der Waals surface area contributed by atoms with Gasteiger partial charge in [-0.2, -0.15) is 4.98 Å². The summed E-state index contributed by atoms with van der Waals surface area (Å²) in [6, 6.07) is 11.2. The predicted octanol–water partition coefficient (Wildman–Crippen LogP) is 4.35. The van der Waals surface area contributed by atoms with E-state index in [0.717, 1.165) is 30.0 Å². The minimum atomic E-state index is -0.688. The van der Waals surface area contributed by atoms with Gasteiger partial charge in [-0.05, 0) is 42.9 Å². The molecule has 1 aromatic heterocycles. The Bertz CT molecular complexity index is 1050. The molecule has 1 atom stereocenters. The van der Waals surface area contributed by atoms with Crippen LogP contribution in [-0.2, 0) is 17.6 Å². The van der Waals surface area contributed by atoms with Gasteiger partial charge in [0.05, 0.1) is 6.42 Å². The maximum atomic E-state index is 13.9. The van der Waals surface area contributed by atoms with Crippen molar-refractivity contribution in [1.82, 2.24) is 15.0 Å². The van der Waals surface area contributed by atoms with Gasteiger partial charge in [0.25, 0.3) is 0 Å². The molecule has 4 rings (SSSR count). The van der Waals surface area contributed by atoms with Crippen LogP contribution in [-0.4, -0.2) is 34.0 Å². The van der Waals surface area contributed by atoms with E-state index in [9.17, 15) is 13.6 Å². The van der Waals surface area contributed by atoms with E-state index < -0.39 is 11.6 Å². The number of nitrogens with zero attached hydrogens (tertiary/aromatic N) is 3. The number of rotatable bonds is 5. The van der Waals surface area contributed by atoms with Gasteiger partial charge >= 0.3 is 0 Å². The van der Waals surface area contributed by atoms with E-state index in [2.05, 4.69) is 10.1 Å². The summed E-state index contributed by atoms with van der Waals surface area (Å²) in [5.41, 5.74) is 2.23. The number of likely N-dealkylation sites (tertiary alicyclic amines) is 1. The number of hydrogen-bond acceptors (Lipinski definition) is 4. The fourth-order valence-electron chi connectivity index (χ4n) is 3.92. The number of aryl methyl sites for hydroxylation is 1. The smallest absolute Gasteiger partial charge is 0.227 e. The molecule has 0 N–H and O–H groups in total. The molecule has 0 aliphatic carbocycles. The molecule has 1 saturated heterocycles. The van der Waals surface area contributed by atoms with Crippen LogP contribution in [0.15, 0.2) is 47.0 Å². The first-order valence-electron chi connectivity index (χ1n) is 10.1. The van der Waals surface area contributed by atoms with Crippen LogP contribution in [0.5, 0.6) is 0 Å². The predicted molar refractivity (Wildman–Crippen MR) is 108 cm³/mol. The molecule has 1 aliphatic rings. The minimum absolute atomic E-state index is 0.0726. The monoisotopic (exact) mass is 411 g/mol. The van der Waals surface area contributed by atoms with Crippen molar-refractivity contribution >= 4 is 5.91 Å². The Morgan fingerprint density at radius 1 is 1.23 bits per heavy atom. The molecule has 1 unspecified atom stereocenters. The highest BCUT2D eigenvalue weighted by atomic mass is 19.1. The zero-order chi connectivity index (χ0) is 21.1. The third-order valence-corrected chi connectivity index (χ3v) is 5.55. The molecule has 30 heavy (non-hydrogen) atoms. The van der Waals surface area contributed by atoms with Gasteiger partial charge < -0.3 is 9.42 Å². The third-order valence-electron chi connectivity index (χ3n) is 5.55. The third kappa shape index (κ3) is 4.56. The molecule has 5 nitrogen and oxygen atoms in total. The highest BCUT2D eigenvalue weighted by Crippen LogP contribution is 2.24. The molecular weight excluding hydrogens is 388 g/mol.